The van der Waals surface area contributed by atoms with Crippen LogP contribution in [0, 0.1) is 0 Å². The predicted molar refractivity (Wildman–Crippen MR) is 97.6 cm³/mol. The summed E-state index contributed by atoms with van der Waals surface area (Å²) in [7, 11) is 0. The molecule has 3 rings (SSSR count). The van der Waals surface area contributed by atoms with Gasteiger partial charge in [-0.1, -0.05) is 0 Å². The standard InChI is InChI=1S/C21H22As/c1-4-10-19(11-5-1)16-22(17-20-12-6-2-7-13-20)18-21-14-8-3-9-15-21/h1-15,22H,16-18H2. The van der Waals surface area contributed by atoms with Crippen molar-refractivity contribution in [1.82, 2.24) is 0 Å². The average Bonchev–Trinajstić information content (AvgIpc) is 2.57. The molecule has 0 unspecified atom stereocenters. The molecule has 0 fully saturated rings. The van der Waals surface area contributed by atoms with Crippen molar-refractivity contribution >= 4 is 14.7 Å². The van der Waals surface area contributed by atoms with Crippen molar-refractivity contribution in [3.05, 3.63) is 108 Å². The summed E-state index contributed by atoms with van der Waals surface area (Å²) in [5.74, 6) is 0. The van der Waals surface area contributed by atoms with Crippen molar-refractivity contribution in [2.24, 2.45) is 0 Å². The molecule has 0 aromatic heterocycles. The van der Waals surface area contributed by atoms with Crippen molar-refractivity contribution in [3.8, 4) is 0 Å². The van der Waals surface area contributed by atoms with Crippen LogP contribution in [0.15, 0.2) is 91.0 Å². The molecule has 0 saturated heterocycles. The van der Waals surface area contributed by atoms with E-state index in [0.717, 1.165) is 0 Å². The molecular weight excluding hydrogens is 327 g/mol. The van der Waals surface area contributed by atoms with E-state index in [2.05, 4.69) is 91.0 Å². The zero-order valence-corrected chi connectivity index (χ0v) is 14.9. The van der Waals surface area contributed by atoms with Crippen molar-refractivity contribution < 1.29 is 0 Å². The molecule has 3 aromatic carbocycles. The van der Waals surface area contributed by atoms with Gasteiger partial charge in [-0.3, -0.25) is 0 Å². The van der Waals surface area contributed by atoms with E-state index in [1.54, 1.807) is 0 Å². The predicted octanol–water partition coefficient (Wildman–Crippen LogP) is 4.56. The molecule has 0 saturated carbocycles. The third kappa shape index (κ3) is 4.61. The van der Waals surface area contributed by atoms with Gasteiger partial charge in [-0.05, 0) is 0 Å². The number of hydrogen-bond acceptors (Lipinski definition) is 0. The quantitative estimate of drug-likeness (QED) is 0.573. The first-order valence-corrected chi connectivity index (χ1v) is 12.3. The number of benzene rings is 3. The van der Waals surface area contributed by atoms with Crippen molar-refractivity contribution in [1.29, 1.82) is 0 Å². The summed E-state index contributed by atoms with van der Waals surface area (Å²) in [5.41, 5.74) is 4.51. The Labute approximate surface area is 138 Å². The maximum atomic E-state index is 2.28. The molecule has 0 atom stereocenters. The minimum atomic E-state index is -1.22. The second-order valence-corrected chi connectivity index (χ2v) is 11.1. The Morgan fingerprint density at radius 2 is 0.682 bits per heavy atom. The van der Waals surface area contributed by atoms with E-state index in [9.17, 15) is 0 Å². The van der Waals surface area contributed by atoms with Crippen LogP contribution in [-0.2, 0) is 15.6 Å². The van der Waals surface area contributed by atoms with Crippen LogP contribution in [0.5, 0.6) is 0 Å². The van der Waals surface area contributed by atoms with Crippen LogP contribution in [0.2, 0.25) is 0 Å². The van der Waals surface area contributed by atoms with Crippen LogP contribution in [0.3, 0.4) is 0 Å². The zero-order chi connectivity index (χ0) is 15.0. The Hall–Kier alpha value is -1.78. The molecule has 0 aliphatic carbocycles. The van der Waals surface area contributed by atoms with Gasteiger partial charge in [0.2, 0.25) is 0 Å². The van der Waals surface area contributed by atoms with E-state index in [-0.39, 0.29) is 0 Å². The fourth-order valence-corrected chi connectivity index (χ4v) is 8.75. The van der Waals surface area contributed by atoms with Gasteiger partial charge in [-0.25, -0.2) is 0 Å². The second-order valence-electron chi connectivity index (χ2n) is 5.74. The molecule has 0 aliphatic rings. The van der Waals surface area contributed by atoms with Crippen molar-refractivity contribution in [2.75, 3.05) is 0 Å². The summed E-state index contributed by atoms with van der Waals surface area (Å²) in [5, 5.41) is 3.89. The van der Waals surface area contributed by atoms with Crippen LogP contribution < -0.4 is 0 Å². The zero-order valence-electron chi connectivity index (χ0n) is 12.8. The van der Waals surface area contributed by atoms with Gasteiger partial charge in [0.25, 0.3) is 0 Å². The van der Waals surface area contributed by atoms with Crippen molar-refractivity contribution in [3.63, 3.8) is 0 Å². The monoisotopic (exact) mass is 349 g/mol. The maximum absolute atomic E-state index is 2.28. The van der Waals surface area contributed by atoms with Crippen LogP contribution in [0.4, 0.5) is 0 Å². The van der Waals surface area contributed by atoms with Gasteiger partial charge in [0.1, 0.15) is 0 Å². The molecular formula is C21H22As. The SMILES string of the molecule is c1ccc(C[AsH](Cc2ccccc2)Cc2ccccc2)cc1. The summed E-state index contributed by atoms with van der Waals surface area (Å²) >= 11 is -1.22. The molecule has 0 N–H and O–H groups in total. The topological polar surface area (TPSA) is 0 Å². The fraction of sp³-hybridized carbons (Fsp3) is 0.143. The molecule has 1 radical (unpaired) electrons. The molecule has 22 heavy (non-hydrogen) atoms. The molecule has 1 heteroatoms. The molecule has 0 nitrogen and oxygen atoms in total. The average molecular weight is 349 g/mol. The first-order valence-electron chi connectivity index (χ1n) is 7.85. The summed E-state index contributed by atoms with van der Waals surface area (Å²) in [6.07, 6.45) is 0. The molecule has 111 valence electrons. The summed E-state index contributed by atoms with van der Waals surface area (Å²) in [6.45, 7) is 0. The summed E-state index contributed by atoms with van der Waals surface area (Å²) < 4.78 is 0. The van der Waals surface area contributed by atoms with Gasteiger partial charge >= 0.3 is 138 Å². The van der Waals surface area contributed by atoms with Gasteiger partial charge < -0.3 is 0 Å². The Balaban J connectivity index is 1.75. The molecule has 0 heterocycles. The van der Waals surface area contributed by atoms with Crippen LogP contribution in [0.25, 0.3) is 0 Å². The van der Waals surface area contributed by atoms with Gasteiger partial charge in [0, 0.05) is 0 Å². The molecule has 3 aromatic rings. The van der Waals surface area contributed by atoms with Crippen LogP contribution in [0.1, 0.15) is 16.7 Å². The van der Waals surface area contributed by atoms with Crippen LogP contribution >= 0.6 is 0 Å². The molecule has 0 bridgehead atoms. The normalized spacial score (nSPS) is 10.8. The van der Waals surface area contributed by atoms with E-state index in [0.29, 0.717) is 0 Å². The van der Waals surface area contributed by atoms with E-state index < -0.39 is 14.7 Å². The summed E-state index contributed by atoms with van der Waals surface area (Å²) in [6, 6.07) is 33.0. The Morgan fingerprint density at radius 3 is 0.955 bits per heavy atom. The molecule has 0 spiro atoms. The second kappa shape index (κ2) is 8.01. The van der Waals surface area contributed by atoms with Gasteiger partial charge in [-0.15, -0.1) is 0 Å². The first-order chi connectivity index (χ1) is 10.9. The van der Waals surface area contributed by atoms with Gasteiger partial charge in [0.05, 0.1) is 0 Å². The molecule has 0 amide bonds. The van der Waals surface area contributed by atoms with Crippen LogP contribution in [-0.4, -0.2) is 14.7 Å². The van der Waals surface area contributed by atoms with E-state index in [1.807, 2.05) is 0 Å². The Morgan fingerprint density at radius 1 is 0.409 bits per heavy atom. The van der Waals surface area contributed by atoms with E-state index >= 15 is 0 Å². The minimum absolute atomic E-state index is 1.22. The Bertz CT molecular complexity index is 563. The number of rotatable bonds is 6. The fourth-order valence-electron chi connectivity index (χ4n) is 2.84. The van der Waals surface area contributed by atoms with Crippen molar-refractivity contribution in [2.45, 2.75) is 15.6 Å². The molecule has 0 aliphatic heterocycles. The Kier molecular flexibility index (Phi) is 5.51. The number of hydrogen-bond donors (Lipinski definition) is 0. The van der Waals surface area contributed by atoms with Gasteiger partial charge in [0.15, 0.2) is 0 Å². The third-order valence-electron chi connectivity index (χ3n) is 3.89. The van der Waals surface area contributed by atoms with E-state index in [4.69, 9.17) is 0 Å². The summed E-state index contributed by atoms with van der Waals surface area (Å²) in [4.78, 5) is 0. The third-order valence-corrected chi connectivity index (χ3v) is 9.61. The first kappa shape index (κ1) is 15.1. The van der Waals surface area contributed by atoms with E-state index in [1.165, 1.54) is 32.3 Å². The van der Waals surface area contributed by atoms with Gasteiger partial charge in [-0.2, -0.15) is 0 Å².